The fraction of sp³-hybridized carbons (Fsp3) is 0.125. The highest BCUT2D eigenvalue weighted by Gasteiger charge is 2.17. The lowest BCUT2D eigenvalue weighted by Gasteiger charge is -2.07. The molecule has 2 heterocycles. The van der Waals surface area contributed by atoms with Crippen LogP contribution in [0.15, 0.2) is 36.4 Å². The summed E-state index contributed by atoms with van der Waals surface area (Å²) in [6.45, 7) is 0.222. The van der Waals surface area contributed by atoms with Crippen LogP contribution in [0.4, 0.5) is 11.6 Å². The molecule has 0 fully saturated rings. The van der Waals surface area contributed by atoms with E-state index >= 15 is 0 Å². The van der Waals surface area contributed by atoms with Gasteiger partial charge in [0.25, 0.3) is 0 Å². The Labute approximate surface area is 131 Å². The lowest BCUT2D eigenvalue weighted by atomic mass is 10.2. The van der Waals surface area contributed by atoms with Gasteiger partial charge in [-0.2, -0.15) is 0 Å². The molecule has 116 valence electrons. The van der Waals surface area contributed by atoms with Gasteiger partial charge in [-0.05, 0) is 12.1 Å². The highest BCUT2D eigenvalue weighted by Crippen LogP contribution is 2.36. The molecule has 3 aromatic rings. The minimum atomic E-state index is -0.412. The van der Waals surface area contributed by atoms with Gasteiger partial charge in [0.2, 0.25) is 12.7 Å². The summed E-state index contributed by atoms with van der Waals surface area (Å²) >= 11 is 0. The zero-order valence-electron chi connectivity index (χ0n) is 12.3. The number of rotatable bonds is 3. The van der Waals surface area contributed by atoms with E-state index in [4.69, 9.17) is 14.2 Å². The Morgan fingerprint density at radius 2 is 2.04 bits per heavy atom. The Morgan fingerprint density at radius 3 is 2.87 bits per heavy atom. The Morgan fingerprint density at radius 1 is 1.26 bits per heavy atom. The standard InChI is InChI=1S/C16H13N3O4/c1-21-15(20)9-4-2-3-5-10(9)17-16-18-11-6-13-14(23-8-22-13)7-12(11)19-16/h2-7H,8H2,1H3,(H2,17,18,19). The number of aromatic nitrogens is 2. The predicted molar refractivity (Wildman–Crippen MR) is 83.3 cm³/mol. The van der Waals surface area contributed by atoms with Crippen LogP contribution in [-0.4, -0.2) is 29.8 Å². The van der Waals surface area contributed by atoms with E-state index in [-0.39, 0.29) is 6.79 Å². The van der Waals surface area contributed by atoms with Crippen LogP contribution in [0.2, 0.25) is 0 Å². The lowest BCUT2D eigenvalue weighted by Crippen LogP contribution is -2.05. The normalized spacial score (nSPS) is 12.4. The Balaban J connectivity index is 1.70. The molecule has 1 aliphatic rings. The second-order valence-electron chi connectivity index (χ2n) is 4.97. The number of hydrogen-bond acceptors (Lipinski definition) is 6. The number of esters is 1. The number of para-hydroxylation sites is 1. The van der Waals surface area contributed by atoms with E-state index in [0.29, 0.717) is 28.7 Å². The molecule has 0 aliphatic carbocycles. The summed E-state index contributed by atoms with van der Waals surface area (Å²) in [6, 6.07) is 10.7. The second kappa shape index (κ2) is 5.20. The largest absolute Gasteiger partial charge is 0.465 e. The Kier molecular flexibility index (Phi) is 3.04. The van der Waals surface area contributed by atoms with Crippen molar-refractivity contribution in [3.8, 4) is 11.5 Å². The van der Waals surface area contributed by atoms with Gasteiger partial charge in [-0.25, -0.2) is 9.78 Å². The van der Waals surface area contributed by atoms with Crippen molar-refractivity contribution in [3.63, 3.8) is 0 Å². The maximum atomic E-state index is 11.8. The molecule has 7 nitrogen and oxygen atoms in total. The van der Waals surface area contributed by atoms with Gasteiger partial charge in [0.1, 0.15) is 0 Å². The number of aromatic amines is 1. The van der Waals surface area contributed by atoms with Gasteiger partial charge in [0, 0.05) is 12.1 Å². The van der Waals surface area contributed by atoms with Crippen LogP contribution in [-0.2, 0) is 4.74 Å². The summed E-state index contributed by atoms with van der Waals surface area (Å²) in [6.07, 6.45) is 0. The molecule has 1 aliphatic heterocycles. The van der Waals surface area contributed by atoms with E-state index < -0.39 is 5.97 Å². The fourth-order valence-electron chi connectivity index (χ4n) is 2.47. The molecular formula is C16H13N3O4. The van der Waals surface area contributed by atoms with Crippen LogP contribution in [0, 0.1) is 0 Å². The second-order valence-corrected chi connectivity index (χ2v) is 4.97. The van der Waals surface area contributed by atoms with E-state index in [1.54, 1.807) is 18.2 Å². The molecule has 0 unspecified atom stereocenters. The van der Waals surface area contributed by atoms with Crippen LogP contribution in [0.25, 0.3) is 11.0 Å². The molecule has 0 saturated heterocycles. The number of carbonyl (C=O) groups is 1. The molecule has 0 atom stereocenters. The van der Waals surface area contributed by atoms with Gasteiger partial charge < -0.3 is 24.5 Å². The molecule has 0 amide bonds. The average Bonchev–Trinajstić information content (AvgIpc) is 3.17. The van der Waals surface area contributed by atoms with Crippen molar-refractivity contribution >= 4 is 28.6 Å². The molecule has 0 radical (unpaired) electrons. The number of imidazole rings is 1. The van der Waals surface area contributed by atoms with Crippen molar-refractivity contribution in [1.82, 2.24) is 9.97 Å². The van der Waals surface area contributed by atoms with E-state index in [2.05, 4.69) is 15.3 Å². The molecule has 0 saturated carbocycles. The lowest BCUT2D eigenvalue weighted by molar-refractivity contribution is 0.0602. The summed E-state index contributed by atoms with van der Waals surface area (Å²) in [7, 11) is 1.35. The SMILES string of the molecule is COC(=O)c1ccccc1Nc1nc2cc3c(cc2[nH]1)OCO3. The predicted octanol–water partition coefficient (Wildman–Crippen LogP) is 2.82. The third-order valence-electron chi connectivity index (χ3n) is 3.56. The van der Waals surface area contributed by atoms with Crippen LogP contribution >= 0.6 is 0 Å². The molecule has 0 bridgehead atoms. The molecule has 2 N–H and O–H groups in total. The van der Waals surface area contributed by atoms with Crippen molar-refractivity contribution < 1.29 is 19.0 Å². The van der Waals surface area contributed by atoms with Gasteiger partial charge in [-0.15, -0.1) is 0 Å². The summed E-state index contributed by atoms with van der Waals surface area (Å²) in [5.41, 5.74) is 2.60. The number of H-pyrrole nitrogens is 1. The zero-order valence-corrected chi connectivity index (χ0v) is 12.3. The minimum Gasteiger partial charge on any atom is -0.465 e. The zero-order chi connectivity index (χ0) is 15.8. The third-order valence-corrected chi connectivity index (χ3v) is 3.56. The van der Waals surface area contributed by atoms with E-state index in [1.807, 2.05) is 18.2 Å². The number of anilines is 2. The topological polar surface area (TPSA) is 85.5 Å². The maximum absolute atomic E-state index is 11.8. The molecule has 0 spiro atoms. The minimum absolute atomic E-state index is 0.222. The first-order chi connectivity index (χ1) is 11.2. The number of hydrogen-bond donors (Lipinski definition) is 2. The Hall–Kier alpha value is -3.22. The number of nitrogens with one attached hydrogen (secondary N) is 2. The van der Waals surface area contributed by atoms with Crippen molar-refractivity contribution in [1.29, 1.82) is 0 Å². The first-order valence-corrected chi connectivity index (χ1v) is 6.98. The van der Waals surface area contributed by atoms with Gasteiger partial charge in [-0.1, -0.05) is 12.1 Å². The molecule has 2 aromatic carbocycles. The van der Waals surface area contributed by atoms with Crippen LogP contribution in [0.1, 0.15) is 10.4 Å². The summed E-state index contributed by atoms with van der Waals surface area (Å²) < 4.78 is 15.5. The van der Waals surface area contributed by atoms with E-state index in [1.165, 1.54) is 7.11 Å². The highest BCUT2D eigenvalue weighted by atomic mass is 16.7. The fourth-order valence-corrected chi connectivity index (χ4v) is 2.47. The monoisotopic (exact) mass is 311 g/mol. The van der Waals surface area contributed by atoms with Crippen molar-refractivity contribution in [2.24, 2.45) is 0 Å². The van der Waals surface area contributed by atoms with Gasteiger partial charge in [-0.3, -0.25) is 0 Å². The summed E-state index contributed by atoms with van der Waals surface area (Å²) in [5.74, 6) is 1.46. The number of methoxy groups -OCH3 is 1. The van der Waals surface area contributed by atoms with Gasteiger partial charge in [0.05, 0.1) is 29.4 Å². The highest BCUT2D eigenvalue weighted by molar-refractivity contribution is 5.96. The first kappa shape index (κ1) is 13.4. The van der Waals surface area contributed by atoms with Crippen LogP contribution in [0.3, 0.4) is 0 Å². The van der Waals surface area contributed by atoms with Crippen molar-refractivity contribution in [3.05, 3.63) is 42.0 Å². The average molecular weight is 311 g/mol. The third kappa shape index (κ3) is 2.32. The quantitative estimate of drug-likeness (QED) is 0.723. The Bertz CT molecular complexity index is 862. The number of carbonyl (C=O) groups excluding carboxylic acids is 1. The molecule has 4 rings (SSSR count). The first-order valence-electron chi connectivity index (χ1n) is 6.98. The van der Waals surface area contributed by atoms with Gasteiger partial charge in [0.15, 0.2) is 11.5 Å². The van der Waals surface area contributed by atoms with Crippen LogP contribution < -0.4 is 14.8 Å². The van der Waals surface area contributed by atoms with Crippen molar-refractivity contribution in [2.75, 3.05) is 19.2 Å². The van der Waals surface area contributed by atoms with Crippen molar-refractivity contribution in [2.45, 2.75) is 0 Å². The molecule has 23 heavy (non-hydrogen) atoms. The number of ether oxygens (including phenoxy) is 3. The van der Waals surface area contributed by atoms with Gasteiger partial charge >= 0.3 is 5.97 Å². The number of fused-ring (bicyclic) bond motifs is 2. The summed E-state index contributed by atoms with van der Waals surface area (Å²) in [4.78, 5) is 19.4. The van der Waals surface area contributed by atoms with E-state index in [9.17, 15) is 4.79 Å². The maximum Gasteiger partial charge on any atom is 0.339 e. The molecule has 1 aromatic heterocycles. The smallest absolute Gasteiger partial charge is 0.339 e. The molecule has 7 heteroatoms. The summed E-state index contributed by atoms with van der Waals surface area (Å²) in [5, 5.41) is 3.10. The number of nitrogens with zero attached hydrogens (tertiary/aromatic N) is 1. The van der Waals surface area contributed by atoms with Crippen LogP contribution in [0.5, 0.6) is 11.5 Å². The van der Waals surface area contributed by atoms with E-state index in [0.717, 1.165) is 11.0 Å². The number of benzene rings is 2. The molecular weight excluding hydrogens is 298 g/mol.